The molecule has 0 amide bonds. The number of pyridine rings is 1. The first kappa shape index (κ1) is 25.2. The predicted octanol–water partition coefficient (Wildman–Crippen LogP) is 6.21. The minimum absolute atomic E-state index is 0.111. The largest absolute Gasteiger partial charge is 0.466 e. The third-order valence-corrected chi connectivity index (χ3v) is 6.53. The lowest BCUT2D eigenvalue weighted by Gasteiger charge is -2.24. The van der Waals surface area contributed by atoms with Gasteiger partial charge < -0.3 is 14.2 Å². The molecule has 1 aromatic heterocycles. The molecule has 2 aromatic rings. The van der Waals surface area contributed by atoms with Crippen molar-refractivity contribution in [2.24, 2.45) is 0 Å². The summed E-state index contributed by atoms with van der Waals surface area (Å²) in [5.41, 5.74) is 7.34. The monoisotopic (exact) mass is 453 g/mol. The normalized spacial score (nSPS) is 14.3. The van der Waals surface area contributed by atoms with E-state index in [1.54, 1.807) is 7.11 Å². The van der Waals surface area contributed by atoms with Crippen molar-refractivity contribution in [2.45, 2.75) is 84.5 Å². The SMILES string of the molecule is CCOC(=O)CCCc1cc(C)c(Cc2ccc(OCOC)c(C3CCCCC3)n2)c(C)c1. The number of aromatic nitrogens is 1. The number of carbonyl (C=O) groups is 1. The number of hydrogen-bond acceptors (Lipinski definition) is 5. The Kier molecular flexibility index (Phi) is 9.74. The van der Waals surface area contributed by atoms with Crippen molar-refractivity contribution in [2.75, 3.05) is 20.5 Å². The van der Waals surface area contributed by atoms with E-state index in [2.05, 4.69) is 38.1 Å². The highest BCUT2D eigenvalue weighted by Crippen LogP contribution is 2.37. The minimum atomic E-state index is -0.111. The van der Waals surface area contributed by atoms with Gasteiger partial charge in [-0.15, -0.1) is 0 Å². The van der Waals surface area contributed by atoms with Crippen LogP contribution in [-0.2, 0) is 27.1 Å². The van der Waals surface area contributed by atoms with Gasteiger partial charge in [-0.1, -0.05) is 31.4 Å². The molecule has 0 spiro atoms. The highest BCUT2D eigenvalue weighted by atomic mass is 16.7. The summed E-state index contributed by atoms with van der Waals surface area (Å²) >= 11 is 0. The summed E-state index contributed by atoms with van der Waals surface area (Å²) < 4.78 is 16.0. The van der Waals surface area contributed by atoms with Gasteiger partial charge in [-0.2, -0.15) is 0 Å². The molecule has 0 bridgehead atoms. The maximum absolute atomic E-state index is 11.6. The molecular formula is C28H39NO4. The van der Waals surface area contributed by atoms with Crippen LogP contribution in [0.3, 0.4) is 0 Å². The summed E-state index contributed by atoms with van der Waals surface area (Å²) in [6.07, 6.45) is 9.17. The van der Waals surface area contributed by atoms with Gasteiger partial charge in [-0.25, -0.2) is 0 Å². The second kappa shape index (κ2) is 12.7. The van der Waals surface area contributed by atoms with Crippen LogP contribution in [-0.4, -0.2) is 31.5 Å². The summed E-state index contributed by atoms with van der Waals surface area (Å²) in [5.74, 6) is 1.22. The molecule has 1 fully saturated rings. The number of nitrogens with zero attached hydrogens (tertiary/aromatic N) is 1. The van der Waals surface area contributed by atoms with Gasteiger partial charge in [0.2, 0.25) is 0 Å². The Bertz CT molecular complexity index is 895. The van der Waals surface area contributed by atoms with E-state index in [0.29, 0.717) is 18.9 Å². The number of esters is 1. The zero-order valence-electron chi connectivity index (χ0n) is 20.7. The lowest BCUT2D eigenvalue weighted by Crippen LogP contribution is -2.12. The van der Waals surface area contributed by atoms with Crippen LogP contribution in [0.4, 0.5) is 0 Å². The molecule has 1 saturated carbocycles. The molecule has 1 aromatic carbocycles. The van der Waals surface area contributed by atoms with Crippen molar-refractivity contribution >= 4 is 5.97 Å². The Morgan fingerprint density at radius 2 is 1.82 bits per heavy atom. The van der Waals surface area contributed by atoms with E-state index in [9.17, 15) is 4.79 Å². The van der Waals surface area contributed by atoms with Crippen LogP contribution in [0.15, 0.2) is 24.3 Å². The zero-order chi connectivity index (χ0) is 23.6. The van der Waals surface area contributed by atoms with Gasteiger partial charge in [-0.05, 0) is 80.8 Å². The molecule has 1 aliphatic carbocycles. The topological polar surface area (TPSA) is 57.7 Å². The van der Waals surface area contributed by atoms with Crippen LogP contribution >= 0.6 is 0 Å². The van der Waals surface area contributed by atoms with Crippen LogP contribution in [0.2, 0.25) is 0 Å². The fraction of sp³-hybridized carbons (Fsp3) is 0.571. The quantitative estimate of drug-likeness (QED) is 0.299. The zero-order valence-corrected chi connectivity index (χ0v) is 20.7. The average molecular weight is 454 g/mol. The number of aryl methyl sites for hydroxylation is 3. The summed E-state index contributed by atoms with van der Waals surface area (Å²) in [5, 5.41) is 0. The molecule has 0 saturated heterocycles. The van der Waals surface area contributed by atoms with E-state index >= 15 is 0 Å². The Hall–Kier alpha value is -2.40. The molecule has 0 unspecified atom stereocenters. The first-order chi connectivity index (χ1) is 16.0. The molecule has 3 rings (SSSR count). The highest BCUT2D eigenvalue weighted by Gasteiger charge is 2.22. The molecule has 5 nitrogen and oxygen atoms in total. The van der Waals surface area contributed by atoms with Crippen molar-refractivity contribution in [3.05, 3.63) is 57.9 Å². The van der Waals surface area contributed by atoms with E-state index in [-0.39, 0.29) is 12.8 Å². The van der Waals surface area contributed by atoms with Crippen molar-refractivity contribution in [3.8, 4) is 5.75 Å². The maximum atomic E-state index is 11.6. The van der Waals surface area contributed by atoms with Crippen molar-refractivity contribution in [1.29, 1.82) is 0 Å². The van der Waals surface area contributed by atoms with Gasteiger partial charge in [-0.3, -0.25) is 9.78 Å². The number of rotatable bonds is 11. The molecule has 1 aliphatic rings. The maximum Gasteiger partial charge on any atom is 0.305 e. The van der Waals surface area contributed by atoms with Gasteiger partial charge in [0, 0.05) is 31.6 Å². The van der Waals surface area contributed by atoms with Crippen LogP contribution in [0.5, 0.6) is 5.75 Å². The summed E-state index contributed by atoms with van der Waals surface area (Å²) in [4.78, 5) is 16.7. The lowest BCUT2D eigenvalue weighted by molar-refractivity contribution is -0.143. The van der Waals surface area contributed by atoms with Crippen molar-refractivity contribution < 1.29 is 19.0 Å². The third kappa shape index (κ3) is 7.29. The molecular weight excluding hydrogens is 414 g/mol. The molecule has 180 valence electrons. The smallest absolute Gasteiger partial charge is 0.305 e. The second-order valence-corrected chi connectivity index (χ2v) is 9.12. The van der Waals surface area contributed by atoms with Gasteiger partial charge >= 0.3 is 5.97 Å². The van der Waals surface area contributed by atoms with Gasteiger partial charge in [0.25, 0.3) is 0 Å². The fourth-order valence-electron chi connectivity index (χ4n) is 4.87. The number of hydrogen-bond donors (Lipinski definition) is 0. The van der Waals surface area contributed by atoms with E-state index in [0.717, 1.165) is 36.4 Å². The first-order valence-corrected chi connectivity index (χ1v) is 12.4. The van der Waals surface area contributed by atoms with Crippen LogP contribution in [0, 0.1) is 13.8 Å². The molecule has 0 radical (unpaired) electrons. The molecule has 0 N–H and O–H groups in total. The highest BCUT2D eigenvalue weighted by molar-refractivity contribution is 5.69. The number of carbonyl (C=O) groups excluding carboxylic acids is 1. The summed E-state index contributed by atoms with van der Waals surface area (Å²) in [7, 11) is 1.65. The first-order valence-electron chi connectivity index (χ1n) is 12.4. The van der Waals surface area contributed by atoms with Crippen molar-refractivity contribution in [3.63, 3.8) is 0 Å². The van der Waals surface area contributed by atoms with Crippen LogP contribution in [0.1, 0.15) is 91.4 Å². The molecule has 33 heavy (non-hydrogen) atoms. The minimum Gasteiger partial charge on any atom is -0.466 e. The lowest BCUT2D eigenvalue weighted by atomic mass is 9.86. The van der Waals surface area contributed by atoms with Gasteiger partial charge in [0.15, 0.2) is 6.79 Å². The fourth-order valence-corrected chi connectivity index (χ4v) is 4.87. The van der Waals surface area contributed by atoms with Crippen LogP contribution in [0.25, 0.3) is 0 Å². The predicted molar refractivity (Wildman–Crippen MR) is 131 cm³/mol. The molecule has 1 heterocycles. The third-order valence-electron chi connectivity index (χ3n) is 6.53. The van der Waals surface area contributed by atoms with Gasteiger partial charge in [0.1, 0.15) is 5.75 Å². The summed E-state index contributed by atoms with van der Waals surface area (Å²) in [6.45, 7) is 6.89. The van der Waals surface area contributed by atoms with Crippen molar-refractivity contribution in [1.82, 2.24) is 4.98 Å². The van der Waals surface area contributed by atoms with Gasteiger partial charge in [0.05, 0.1) is 12.3 Å². The summed E-state index contributed by atoms with van der Waals surface area (Å²) in [6, 6.07) is 8.67. The van der Waals surface area contributed by atoms with Crippen LogP contribution < -0.4 is 4.74 Å². The molecule has 5 heteroatoms. The Morgan fingerprint density at radius 1 is 1.09 bits per heavy atom. The Balaban J connectivity index is 1.74. The average Bonchev–Trinajstić information content (AvgIpc) is 2.81. The van der Waals surface area contributed by atoms with E-state index in [4.69, 9.17) is 19.2 Å². The second-order valence-electron chi connectivity index (χ2n) is 9.12. The van der Waals surface area contributed by atoms with E-state index in [1.165, 1.54) is 54.4 Å². The standard InChI is InChI=1S/C28H39NO4/c1-5-32-27(30)13-9-10-22-16-20(2)25(21(3)17-22)18-24-14-15-26(33-19-31-4)28(29-24)23-11-7-6-8-12-23/h14-17,23H,5-13,18-19H2,1-4H3. The Labute approximate surface area is 198 Å². The number of methoxy groups -OCH3 is 1. The number of benzene rings is 1. The molecule has 0 atom stereocenters. The molecule has 0 aliphatic heterocycles. The number of ether oxygens (including phenoxy) is 3. The van der Waals surface area contributed by atoms with E-state index in [1.807, 2.05) is 6.92 Å². The van der Waals surface area contributed by atoms with E-state index < -0.39 is 0 Å². The Morgan fingerprint density at radius 3 is 2.48 bits per heavy atom.